The fraction of sp³-hybridized carbons (Fsp3) is 0.353. The molecule has 0 aliphatic rings. The average Bonchev–Trinajstić information content (AvgIpc) is 2.57. The standard InChI is InChI=1S/C17H23NO5S/c1-5-7-16(17(19)23-4)18(12-6-13-22-3)24(20,21)15-10-8-14(2)9-11-15/h5-6,8-11,13,16H,1,7,12H2,2-4H3/b13-6-/t16-/m0/s1. The Morgan fingerprint density at radius 1 is 1.29 bits per heavy atom. The Labute approximate surface area is 143 Å². The van der Waals surface area contributed by atoms with Crippen LogP contribution in [-0.2, 0) is 24.3 Å². The SMILES string of the molecule is C=CC[C@@H](C(=O)OC)N(C/C=C\OC)S(=O)(=O)c1ccc(C)cc1. The Kier molecular flexibility index (Phi) is 7.67. The van der Waals surface area contributed by atoms with E-state index in [2.05, 4.69) is 6.58 Å². The summed E-state index contributed by atoms with van der Waals surface area (Å²) < 4.78 is 36.6. The fourth-order valence-corrected chi connectivity index (χ4v) is 3.65. The van der Waals surface area contributed by atoms with Crippen molar-refractivity contribution in [2.75, 3.05) is 20.8 Å². The summed E-state index contributed by atoms with van der Waals surface area (Å²) in [5.74, 6) is -0.642. The van der Waals surface area contributed by atoms with Crippen LogP contribution in [0.1, 0.15) is 12.0 Å². The zero-order chi connectivity index (χ0) is 18.2. The second-order valence-electron chi connectivity index (χ2n) is 5.06. The number of ether oxygens (including phenoxy) is 2. The van der Waals surface area contributed by atoms with E-state index in [4.69, 9.17) is 9.47 Å². The van der Waals surface area contributed by atoms with Crippen LogP contribution in [0.5, 0.6) is 0 Å². The first kappa shape index (κ1) is 19.9. The molecule has 1 rings (SSSR count). The molecule has 0 aliphatic carbocycles. The molecule has 1 aromatic rings. The molecule has 0 bridgehead atoms. The third-order valence-electron chi connectivity index (χ3n) is 3.36. The van der Waals surface area contributed by atoms with E-state index >= 15 is 0 Å². The van der Waals surface area contributed by atoms with Crippen LogP contribution in [-0.4, -0.2) is 45.5 Å². The summed E-state index contributed by atoms with van der Waals surface area (Å²) in [7, 11) is -1.22. The predicted molar refractivity (Wildman–Crippen MR) is 91.8 cm³/mol. The molecule has 0 amide bonds. The zero-order valence-electron chi connectivity index (χ0n) is 14.1. The summed E-state index contributed by atoms with van der Waals surface area (Å²) in [4.78, 5) is 12.2. The van der Waals surface area contributed by atoms with E-state index in [0.717, 1.165) is 9.87 Å². The molecular weight excluding hydrogens is 330 g/mol. The summed E-state index contributed by atoms with van der Waals surface area (Å²) in [5, 5.41) is 0. The monoisotopic (exact) mass is 353 g/mol. The lowest BCUT2D eigenvalue weighted by molar-refractivity contribution is -0.144. The van der Waals surface area contributed by atoms with Crippen LogP contribution in [0.3, 0.4) is 0 Å². The number of carbonyl (C=O) groups is 1. The fourth-order valence-electron chi connectivity index (χ4n) is 2.11. The van der Waals surface area contributed by atoms with Gasteiger partial charge in [-0.3, -0.25) is 4.79 Å². The number of hydrogen-bond acceptors (Lipinski definition) is 5. The van der Waals surface area contributed by atoms with Crippen molar-refractivity contribution in [3.05, 3.63) is 54.8 Å². The van der Waals surface area contributed by atoms with Gasteiger partial charge in [-0.2, -0.15) is 4.31 Å². The molecule has 132 valence electrons. The lowest BCUT2D eigenvalue weighted by atomic mass is 10.2. The summed E-state index contributed by atoms with van der Waals surface area (Å²) in [5.41, 5.74) is 0.940. The Bertz CT molecular complexity index is 679. The second kappa shape index (κ2) is 9.24. The normalized spacial score (nSPS) is 13.0. The van der Waals surface area contributed by atoms with E-state index in [1.165, 1.54) is 44.8 Å². The number of aryl methyl sites for hydroxylation is 1. The molecule has 0 spiro atoms. The molecule has 0 radical (unpaired) electrons. The third-order valence-corrected chi connectivity index (χ3v) is 5.24. The van der Waals surface area contributed by atoms with Gasteiger partial charge >= 0.3 is 5.97 Å². The van der Waals surface area contributed by atoms with Crippen molar-refractivity contribution >= 4 is 16.0 Å². The van der Waals surface area contributed by atoms with Gasteiger partial charge in [0.1, 0.15) is 6.04 Å². The van der Waals surface area contributed by atoms with Crippen LogP contribution in [0.15, 0.2) is 54.2 Å². The summed E-state index contributed by atoms with van der Waals surface area (Å²) in [6, 6.07) is 5.44. The van der Waals surface area contributed by atoms with Crippen molar-refractivity contribution in [3.8, 4) is 0 Å². The number of carbonyl (C=O) groups excluding carboxylic acids is 1. The second-order valence-corrected chi connectivity index (χ2v) is 6.95. The highest BCUT2D eigenvalue weighted by Crippen LogP contribution is 2.21. The molecule has 0 N–H and O–H groups in total. The Balaban J connectivity index is 3.33. The number of benzene rings is 1. The molecule has 0 heterocycles. The average molecular weight is 353 g/mol. The highest BCUT2D eigenvalue weighted by Gasteiger charge is 2.35. The van der Waals surface area contributed by atoms with Gasteiger partial charge in [-0.05, 0) is 31.6 Å². The molecule has 0 saturated heterocycles. The van der Waals surface area contributed by atoms with E-state index in [9.17, 15) is 13.2 Å². The Hall–Kier alpha value is -2.12. The van der Waals surface area contributed by atoms with E-state index in [1.807, 2.05) is 6.92 Å². The van der Waals surface area contributed by atoms with Gasteiger partial charge in [0.05, 0.1) is 25.4 Å². The molecular formula is C17H23NO5S. The lowest BCUT2D eigenvalue weighted by Gasteiger charge is -2.27. The third kappa shape index (κ3) is 4.94. The largest absolute Gasteiger partial charge is 0.505 e. The van der Waals surface area contributed by atoms with Crippen LogP contribution in [0.2, 0.25) is 0 Å². The van der Waals surface area contributed by atoms with Gasteiger partial charge in [0.25, 0.3) is 0 Å². The molecule has 6 nitrogen and oxygen atoms in total. The Morgan fingerprint density at radius 2 is 1.92 bits per heavy atom. The van der Waals surface area contributed by atoms with Crippen LogP contribution in [0.25, 0.3) is 0 Å². The van der Waals surface area contributed by atoms with E-state index in [0.29, 0.717) is 0 Å². The first-order valence-corrected chi connectivity index (χ1v) is 8.77. The van der Waals surface area contributed by atoms with Crippen molar-refractivity contribution in [2.24, 2.45) is 0 Å². The van der Waals surface area contributed by atoms with Gasteiger partial charge in [-0.25, -0.2) is 8.42 Å². The molecule has 24 heavy (non-hydrogen) atoms. The summed E-state index contributed by atoms with van der Waals surface area (Å²) in [6.07, 6.45) is 4.50. The van der Waals surface area contributed by atoms with Gasteiger partial charge in [-0.1, -0.05) is 23.8 Å². The first-order valence-electron chi connectivity index (χ1n) is 7.33. The molecule has 0 saturated carbocycles. The Morgan fingerprint density at radius 3 is 2.42 bits per heavy atom. The van der Waals surface area contributed by atoms with E-state index in [1.54, 1.807) is 12.1 Å². The van der Waals surface area contributed by atoms with Gasteiger partial charge in [0.15, 0.2) is 0 Å². The number of methoxy groups -OCH3 is 2. The number of hydrogen-bond donors (Lipinski definition) is 0. The van der Waals surface area contributed by atoms with Gasteiger partial charge in [0, 0.05) is 6.54 Å². The van der Waals surface area contributed by atoms with Gasteiger partial charge in [0.2, 0.25) is 10.0 Å². The smallest absolute Gasteiger partial charge is 0.324 e. The maximum atomic E-state index is 13.0. The van der Waals surface area contributed by atoms with Gasteiger partial charge in [-0.15, -0.1) is 6.58 Å². The van der Waals surface area contributed by atoms with Gasteiger partial charge < -0.3 is 9.47 Å². The number of esters is 1. The highest BCUT2D eigenvalue weighted by molar-refractivity contribution is 7.89. The van der Waals surface area contributed by atoms with Crippen molar-refractivity contribution < 1.29 is 22.7 Å². The summed E-state index contributed by atoms with van der Waals surface area (Å²) >= 11 is 0. The van der Waals surface area contributed by atoms with Crippen LogP contribution in [0.4, 0.5) is 0 Å². The minimum absolute atomic E-state index is 0.0301. The molecule has 0 aliphatic heterocycles. The molecule has 1 atom stereocenters. The van der Waals surface area contributed by atoms with Crippen LogP contribution >= 0.6 is 0 Å². The molecule has 1 aromatic carbocycles. The van der Waals surface area contributed by atoms with E-state index < -0.39 is 22.0 Å². The van der Waals surface area contributed by atoms with E-state index in [-0.39, 0.29) is 17.9 Å². The zero-order valence-corrected chi connectivity index (χ0v) is 15.0. The minimum Gasteiger partial charge on any atom is -0.505 e. The lowest BCUT2D eigenvalue weighted by Crippen LogP contribution is -2.45. The minimum atomic E-state index is -3.90. The highest BCUT2D eigenvalue weighted by atomic mass is 32.2. The maximum Gasteiger partial charge on any atom is 0.324 e. The molecule has 0 fully saturated rings. The maximum absolute atomic E-state index is 13.0. The van der Waals surface area contributed by atoms with Crippen molar-refractivity contribution in [1.82, 2.24) is 4.31 Å². The number of sulfonamides is 1. The quantitative estimate of drug-likeness (QED) is 0.387. The first-order chi connectivity index (χ1) is 11.4. The van der Waals surface area contributed by atoms with Crippen molar-refractivity contribution in [3.63, 3.8) is 0 Å². The molecule has 7 heteroatoms. The summed E-state index contributed by atoms with van der Waals surface area (Å²) in [6.45, 7) is 5.43. The topological polar surface area (TPSA) is 72.9 Å². The van der Waals surface area contributed by atoms with Crippen LogP contribution < -0.4 is 0 Å². The predicted octanol–water partition coefficient (Wildman–Crippen LogP) is 2.26. The van der Waals surface area contributed by atoms with Crippen molar-refractivity contribution in [2.45, 2.75) is 24.3 Å². The number of rotatable bonds is 9. The molecule has 0 unspecified atom stereocenters. The van der Waals surface area contributed by atoms with Crippen LogP contribution in [0, 0.1) is 6.92 Å². The van der Waals surface area contributed by atoms with Crippen molar-refractivity contribution in [1.29, 1.82) is 0 Å². The number of nitrogens with zero attached hydrogens (tertiary/aromatic N) is 1. The molecule has 0 aromatic heterocycles.